The molecule has 4 N–H and O–H groups in total. The number of carbonyl (C=O) groups is 1. The molecule has 0 aliphatic heterocycles. The molecule has 0 aromatic heterocycles. The third-order valence-corrected chi connectivity index (χ3v) is 6.52. The molecule has 2 aromatic rings. The fraction of sp³-hybridized carbons (Fsp3) is 0.350. The molecular formula is C20H25N3O3S. The van der Waals surface area contributed by atoms with E-state index in [-0.39, 0.29) is 23.9 Å². The van der Waals surface area contributed by atoms with E-state index in [9.17, 15) is 13.2 Å². The van der Waals surface area contributed by atoms with Gasteiger partial charge >= 0.3 is 0 Å². The lowest BCUT2D eigenvalue weighted by atomic mass is 9.78. The molecule has 27 heavy (non-hydrogen) atoms. The summed E-state index contributed by atoms with van der Waals surface area (Å²) in [5.74, 6) is -0.0873. The number of anilines is 1. The topological polar surface area (TPSA) is 101 Å². The van der Waals surface area contributed by atoms with Crippen LogP contribution in [0.25, 0.3) is 0 Å². The lowest BCUT2D eigenvalue weighted by Gasteiger charge is -2.28. The molecule has 6 nitrogen and oxygen atoms in total. The summed E-state index contributed by atoms with van der Waals surface area (Å²) in [5.41, 5.74) is 6.28. The fourth-order valence-corrected chi connectivity index (χ4v) is 4.74. The number of amides is 1. The summed E-state index contributed by atoms with van der Waals surface area (Å²) < 4.78 is 27.0. The first-order valence-electron chi connectivity index (χ1n) is 9.15. The second-order valence-corrected chi connectivity index (χ2v) is 8.59. The summed E-state index contributed by atoms with van der Waals surface area (Å²) in [7, 11) is -3.65. The monoisotopic (exact) mass is 387 g/mol. The van der Waals surface area contributed by atoms with Crippen molar-refractivity contribution in [3.05, 3.63) is 60.2 Å². The molecule has 1 saturated carbocycles. The minimum Gasteiger partial charge on any atom is -0.329 e. The number of hydrogen-bond donors (Lipinski definition) is 3. The molecule has 0 saturated heterocycles. The lowest BCUT2D eigenvalue weighted by Crippen LogP contribution is -2.38. The molecule has 1 amide bonds. The molecule has 0 heterocycles. The van der Waals surface area contributed by atoms with Crippen molar-refractivity contribution in [3.8, 4) is 0 Å². The molecule has 3 rings (SSSR count). The maximum Gasteiger partial charge on any atom is 0.240 e. The van der Waals surface area contributed by atoms with Gasteiger partial charge in [0.1, 0.15) is 0 Å². The van der Waals surface area contributed by atoms with Crippen LogP contribution >= 0.6 is 0 Å². The molecule has 7 heteroatoms. The number of nitrogens with one attached hydrogen (secondary N) is 2. The quantitative estimate of drug-likeness (QED) is 0.679. The summed E-state index contributed by atoms with van der Waals surface area (Å²) in [5, 5.41) is 2.94. The standard InChI is InChI=1S/C20H25N3O3S/c21-13-14-22-27(25,26)18-10-6-9-17(15-18)23-19(24)20(11-4-5-12-20)16-7-2-1-3-8-16/h1-3,6-10,15,22H,4-5,11-14,21H2,(H,23,24). The average molecular weight is 388 g/mol. The van der Waals surface area contributed by atoms with Crippen LogP contribution in [0, 0.1) is 0 Å². The van der Waals surface area contributed by atoms with E-state index in [4.69, 9.17) is 5.73 Å². The van der Waals surface area contributed by atoms with Crippen molar-refractivity contribution in [3.63, 3.8) is 0 Å². The van der Waals surface area contributed by atoms with E-state index in [2.05, 4.69) is 10.0 Å². The van der Waals surface area contributed by atoms with Crippen LogP contribution in [0.2, 0.25) is 0 Å². The predicted molar refractivity (Wildman–Crippen MR) is 106 cm³/mol. The second kappa shape index (κ2) is 8.21. The van der Waals surface area contributed by atoms with E-state index in [0.29, 0.717) is 5.69 Å². The number of rotatable bonds is 7. The van der Waals surface area contributed by atoms with Crippen LogP contribution < -0.4 is 15.8 Å². The minimum atomic E-state index is -3.65. The third kappa shape index (κ3) is 4.21. The highest BCUT2D eigenvalue weighted by atomic mass is 32.2. The largest absolute Gasteiger partial charge is 0.329 e. The van der Waals surface area contributed by atoms with Crippen LogP contribution in [0.4, 0.5) is 5.69 Å². The van der Waals surface area contributed by atoms with Crippen molar-refractivity contribution in [2.75, 3.05) is 18.4 Å². The van der Waals surface area contributed by atoms with E-state index < -0.39 is 15.4 Å². The van der Waals surface area contributed by atoms with Crippen LogP contribution in [-0.4, -0.2) is 27.4 Å². The molecule has 1 fully saturated rings. The van der Waals surface area contributed by atoms with Crippen molar-refractivity contribution in [2.24, 2.45) is 5.73 Å². The molecule has 144 valence electrons. The van der Waals surface area contributed by atoms with E-state index in [1.54, 1.807) is 12.1 Å². The molecule has 0 unspecified atom stereocenters. The van der Waals surface area contributed by atoms with Gasteiger partial charge in [-0.15, -0.1) is 0 Å². The highest BCUT2D eigenvalue weighted by Gasteiger charge is 2.42. The van der Waals surface area contributed by atoms with E-state index in [1.165, 1.54) is 12.1 Å². The molecule has 0 atom stereocenters. The first-order valence-corrected chi connectivity index (χ1v) is 10.6. The van der Waals surface area contributed by atoms with Crippen LogP contribution in [0.15, 0.2) is 59.5 Å². The Hall–Kier alpha value is -2.22. The number of benzene rings is 2. The highest BCUT2D eigenvalue weighted by molar-refractivity contribution is 7.89. The Morgan fingerprint density at radius 2 is 1.74 bits per heavy atom. The zero-order valence-electron chi connectivity index (χ0n) is 15.1. The second-order valence-electron chi connectivity index (χ2n) is 6.82. The Labute approximate surface area is 160 Å². The summed E-state index contributed by atoms with van der Waals surface area (Å²) in [6.45, 7) is 0.380. The van der Waals surface area contributed by atoms with Crippen LogP contribution in [-0.2, 0) is 20.2 Å². The van der Waals surface area contributed by atoms with Gasteiger partial charge in [-0.2, -0.15) is 0 Å². The zero-order chi connectivity index (χ0) is 19.3. The van der Waals surface area contributed by atoms with Crippen molar-refractivity contribution in [1.82, 2.24) is 4.72 Å². The first kappa shape index (κ1) is 19.5. The molecular weight excluding hydrogens is 362 g/mol. The van der Waals surface area contributed by atoms with Crippen molar-refractivity contribution >= 4 is 21.6 Å². The maximum atomic E-state index is 13.2. The molecule has 2 aromatic carbocycles. The fourth-order valence-electron chi connectivity index (χ4n) is 3.65. The van der Waals surface area contributed by atoms with Gasteiger partial charge in [-0.1, -0.05) is 49.2 Å². The Bertz CT molecular complexity index is 892. The predicted octanol–water partition coefficient (Wildman–Crippen LogP) is 2.37. The summed E-state index contributed by atoms with van der Waals surface area (Å²) >= 11 is 0. The van der Waals surface area contributed by atoms with Crippen molar-refractivity contribution in [2.45, 2.75) is 36.0 Å². The normalized spacial score (nSPS) is 16.2. The first-order chi connectivity index (χ1) is 13.0. The SMILES string of the molecule is NCCNS(=O)(=O)c1cccc(NC(=O)C2(c3ccccc3)CCCC2)c1. The smallest absolute Gasteiger partial charge is 0.240 e. The molecule has 1 aliphatic rings. The third-order valence-electron chi connectivity index (χ3n) is 5.06. The number of nitrogens with two attached hydrogens (primary N) is 1. The number of carbonyl (C=O) groups excluding carboxylic acids is 1. The lowest BCUT2D eigenvalue weighted by molar-refractivity contribution is -0.121. The Morgan fingerprint density at radius 3 is 2.41 bits per heavy atom. The average Bonchev–Trinajstić information content (AvgIpc) is 3.19. The summed E-state index contributed by atoms with van der Waals surface area (Å²) in [4.78, 5) is 13.3. The highest BCUT2D eigenvalue weighted by Crippen LogP contribution is 2.42. The van der Waals surface area contributed by atoms with Gasteiger partial charge in [0.15, 0.2) is 0 Å². The van der Waals surface area contributed by atoms with Gasteiger partial charge in [-0.3, -0.25) is 4.79 Å². The van der Waals surface area contributed by atoms with Gasteiger partial charge in [-0.25, -0.2) is 13.1 Å². The zero-order valence-corrected chi connectivity index (χ0v) is 16.0. The van der Waals surface area contributed by atoms with Gasteiger partial charge in [0, 0.05) is 18.8 Å². The number of hydrogen-bond acceptors (Lipinski definition) is 4. The number of sulfonamides is 1. The minimum absolute atomic E-state index is 0.0873. The molecule has 1 aliphatic carbocycles. The van der Waals surface area contributed by atoms with Crippen LogP contribution in [0.1, 0.15) is 31.2 Å². The maximum absolute atomic E-state index is 13.2. The van der Waals surface area contributed by atoms with Crippen molar-refractivity contribution in [1.29, 1.82) is 0 Å². The van der Waals surface area contributed by atoms with Gasteiger partial charge in [0.25, 0.3) is 0 Å². The molecule has 0 bridgehead atoms. The summed E-state index contributed by atoms with van der Waals surface area (Å²) in [6, 6.07) is 16.1. The van der Waals surface area contributed by atoms with E-state index >= 15 is 0 Å². The van der Waals surface area contributed by atoms with E-state index in [1.807, 2.05) is 30.3 Å². The Balaban J connectivity index is 1.84. The summed E-state index contributed by atoms with van der Waals surface area (Å²) in [6.07, 6.45) is 3.58. The van der Waals surface area contributed by atoms with Gasteiger partial charge < -0.3 is 11.1 Å². The van der Waals surface area contributed by atoms with Gasteiger partial charge in [-0.05, 0) is 36.6 Å². The van der Waals surface area contributed by atoms with Gasteiger partial charge in [0.2, 0.25) is 15.9 Å². The Morgan fingerprint density at radius 1 is 1.04 bits per heavy atom. The van der Waals surface area contributed by atoms with Crippen LogP contribution in [0.3, 0.4) is 0 Å². The molecule has 0 radical (unpaired) electrons. The van der Waals surface area contributed by atoms with Crippen molar-refractivity contribution < 1.29 is 13.2 Å². The van der Waals surface area contributed by atoms with Gasteiger partial charge in [0.05, 0.1) is 10.3 Å². The molecule has 0 spiro atoms. The Kier molecular flexibility index (Phi) is 5.94. The van der Waals surface area contributed by atoms with Crippen LogP contribution in [0.5, 0.6) is 0 Å². The van der Waals surface area contributed by atoms with E-state index in [0.717, 1.165) is 31.2 Å².